The zero-order valence-corrected chi connectivity index (χ0v) is 17.3. The van der Waals surface area contributed by atoms with Crippen molar-refractivity contribution in [3.8, 4) is 0 Å². The summed E-state index contributed by atoms with van der Waals surface area (Å²) in [7, 11) is -1.59. The van der Waals surface area contributed by atoms with Crippen molar-refractivity contribution in [3.63, 3.8) is 0 Å². The third kappa shape index (κ3) is 5.51. The van der Waals surface area contributed by atoms with Gasteiger partial charge in [-0.05, 0) is 38.2 Å². The molecule has 2 fully saturated rings. The molecule has 8 nitrogen and oxygen atoms in total. The summed E-state index contributed by atoms with van der Waals surface area (Å²) in [4.78, 5) is 17.0. The number of hydrogen-bond acceptors (Lipinski definition) is 6. The number of morpholine rings is 1. The van der Waals surface area contributed by atoms with Crippen LogP contribution in [0.5, 0.6) is 0 Å². The minimum absolute atomic E-state index is 0.179. The van der Waals surface area contributed by atoms with Crippen LogP contribution in [0.3, 0.4) is 0 Å². The summed E-state index contributed by atoms with van der Waals surface area (Å²) in [5.74, 6) is -0.239. The van der Waals surface area contributed by atoms with Crippen LogP contribution in [0.1, 0.15) is 16.8 Å². The second kappa shape index (κ2) is 9.80. The van der Waals surface area contributed by atoms with Gasteiger partial charge in [-0.15, -0.1) is 0 Å². The van der Waals surface area contributed by atoms with Gasteiger partial charge in [0.25, 0.3) is 5.91 Å². The Kier molecular flexibility index (Phi) is 7.42. The molecule has 1 amide bonds. The highest BCUT2D eigenvalue weighted by atomic mass is 32.2. The molecule has 0 aromatic heterocycles. The van der Waals surface area contributed by atoms with Gasteiger partial charge in [-0.3, -0.25) is 9.69 Å². The molecule has 2 aliphatic heterocycles. The van der Waals surface area contributed by atoms with E-state index in [-0.39, 0.29) is 10.8 Å². The molecule has 3 rings (SSSR count). The molecular formula is C19H30N4O4S. The quantitative estimate of drug-likeness (QED) is 0.641. The van der Waals surface area contributed by atoms with Gasteiger partial charge in [0.05, 0.1) is 18.1 Å². The topological polar surface area (TPSA) is 82.2 Å². The third-order valence-corrected chi connectivity index (χ3v) is 7.13. The lowest BCUT2D eigenvalue weighted by Gasteiger charge is -2.31. The molecule has 1 aromatic rings. The van der Waals surface area contributed by atoms with Gasteiger partial charge < -0.3 is 15.0 Å². The van der Waals surface area contributed by atoms with Crippen molar-refractivity contribution in [2.45, 2.75) is 11.3 Å². The summed E-state index contributed by atoms with van der Waals surface area (Å²) in [6.07, 6.45) is 0.852. The predicted molar refractivity (Wildman–Crippen MR) is 107 cm³/mol. The predicted octanol–water partition coefficient (Wildman–Crippen LogP) is 0.0748. The van der Waals surface area contributed by atoms with Crippen LogP contribution in [0.4, 0.5) is 0 Å². The van der Waals surface area contributed by atoms with Gasteiger partial charge in [-0.2, -0.15) is 4.31 Å². The molecule has 0 unspecified atom stereocenters. The molecule has 2 aliphatic rings. The van der Waals surface area contributed by atoms with Crippen molar-refractivity contribution in [1.82, 2.24) is 19.4 Å². The van der Waals surface area contributed by atoms with Gasteiger partial charge in [0.1, 0.15) is 0 Å². The van der Waals surface area contributed by atoms with Crippen molar-refractivity contribution < 1.29 is 17.9 Å². The van der Waals surface area contributed by atoms with Gasteiger partial charge in [-0.25, -0.2) is 8.42 Å². The van der Waals surface area contributed by atoms with Crippen LogP contribution < -0.4 is 5.32 Å². The van der Waals surface area contributed by atoms with Crippen LogP contribution in [0.15, 0.2) is 29.2 Å². The molecule has 0 radical (unpaired) electrons. The number of nitrogens with one attached hydrogen (secondary N) is 1. The molecule has 0 bridgehead atoms. The van der Waals surface area contributed by atoms with Crippen LogP contribution in [0.25, 0.3) is 0 Å². The van der Waals surface area contributed by atoms with Crippen LogP contribution in [0.2, 0.25) is 0 Å². The van der Waals surface area contributed by atoms with Gasteiger partial charge in [0.15, 0.2) is 0 Å². The lowest BCUT2D eigenvalue weighted by Crippen LogP contribution is -2.47. The van der Waals surface area contributed by atoms with Crippen molar-refractivity contribution in [2.24, 2.45) is 0 Å². The summed E-state index contributed by atoms with van der Waals surface area (Å²) in [5, 5.41) is 2.89. The van der Waals surface area contributed by atoms with Crippen molar-refractivity contribution in [1.29, 1.82) is 0 Å². The van der Waals surface area contributed by atoms with Crippen LogP contribution >= 0.6 is 0 Å². The summed E-state index contributed by atoms with van der Waals surface area (Å²) in [6, 6.07) is 6.32. The molecule has 0 saturated carbocycles. The van der Waals surface area contributed by atoms with Gasteiger partial charge in [-0.1, -0.05) is 6.07 Å². The minimum atomic E-state index is -3.57. The first kappa shape index (κ1) is 21.2. The second-order valence-corrected chi connectivity index (χ2v) is 9.24. The molecule has 0 spiro atoms. The Balaban J connectivity index is 1.53. The van der Waals surface area contributed by atoms with Crippen molar-refractivity contribution in [2.75, 3.05) is 72.6 Å². The number of benzene rings is 1. The summed E-state index contributed by atoms with van der Waals surface area (Å²) in [6.45, 7) is 7.23. The summed E-state index contributed by atoms with van der Waals surface area (Å²) < 4.78 is 32.5. The fraction of sp³-hybridized carbons (Fsp3) is 0.632. The maximum atomic E-state index is 12.9. The van der Waals surface area contributed by atoms with Gasteiger partial charge in [0, 0.05) is 51.4 Å². The number of rotatable bonds is 7. The number of ether oxygens (including phenoxy) is 1. The van der Waals surface area contributed by atoms with E-state index < -0.39 is 10.0 Å². The average molecular weight is 411 g/mol. The number of sulfonamides is 1. The van der Waals surface area contributed by atoms with E-state index in [4.69, 9.17) is 4.74 Å². The largest absolute Gasteiger partial charge is 0.379 e. The molecule has 0 atom stereocenters. The molecule has 2 saturated heterocycles. The second-order valence-electron chi connectivity index (χ2n) is 7.30. The first-order valence-corrected chi connectivity index (χ1v) is 11.3. The number of likely N-dealkylation sites (N-methyl/N-ethyl adjacent to an activating group) is 1. The third-order valence-electron chi connectivity index (χ3n) is 5.24. The number of hydrogen-bond donors (Lipinski definition) is 1. The van der Waals surface area contributed by atoms with Gasteiger partial charge in [0.2, 0.25) is 10.0 Å². The molecule has 1 N–H and O–H groups in total. The first-order valence-electron chi connectivity index (χ1n) is 9.84. The Morgan fingerprint density at radius 2 is 1.82 bits per heavy atom. The van der Waals surface area contributed by atoms with E-state index in [0.717, 1.165) is 39.3 Å². The molecule has 1 aromatic carbocycles. The molecular weight excluding hydrogens is 380 g/mol. The molecule has 2 heterocycles. The Bertz CT molecular complexity index is 757. The van der Waals surface area contributed by atoms with E-state index >= 15 is 0 Å². The van der Waals surface area contributed by atoms with E-state index in [1.807, 2.05) is 7.05 Å². The number of carbonyl (C=O) groups excluding carboxylic acids is 1. The standard InChI is InChI=1S/C19H30N4O4S/c1-21-8-10-23(11-9-21)28(25,26)18-5-2-4-17(16-18)19(24)20-6-3-7-22-12-14-27-15-13-22/h2,4-5,16H,3,6-15H2,1H3,(H,20,24). The maximum absolute atomic E-state index is 12.9. The number of carbonyl (C=O) groups is 1. The fourth-order valence-electron chi connectivity index (χ4n) is 3.41. The number of piperazine rings is 1. The highest BCUT2D eigenvalue weighted by molar-refractivity contribution is 7.89. The van der Waals surface area contributed by atoms with Crippen LogP contribution in [-0.4, -0.2) is 101 Å². The van der Waals surface area contributed by atoms with Gasteiger partial charge >= 0.3 is 0 Å². The van der Waals surface area contributed by atoms with E-state index in [2.05, 4.69) is 15.1 Å². The molecule has 28 heavy (non-hydrogen) atoms. The zero-order chi connectivity index (χ0) is 20.0. The Hall–Kier alpha value is -1.52. The Morgan fingerprint density at radius 3 is 2.54 bits per heavy atom. The van der Waals surface area contributed by atoms with E-state index in [9.17, 15) is 13.2 Å². The average Bonchev–Trinajstić information content (AvgIpc) is 2.72. The fourth-order valence-corrected chi connectivity index (χ4v) is 4.88. The zero-order valence-electron chi connectivity index (χ0n) is 16.5. The smallest absolute Gasteiger partial charge is 0.251 e. The van der Waals surface area contributed by atoms with E-state index in [1.165, 1.54) is 10.4 Å². The molecule has 9 heteroatoms. The Labute approximate surface area is 167 Å². The molecule has 156 valence electrons. The van der Waals surface area contributed by atoms with E-state index in [0.29, 0.717) is 38.3 Å². The number of nitrogens with zero attached hydrogens (tertiary/aromatic N) is 3. The molecule has 0 aliphatic carbocycles. The highest BCUT2D eigenvalue weighted by Gasteiger charge is 2.27. The van der Waals surface area contributed by atoms with Crippen LogP contribution in [0, 0.1) is 0 Å². The Morgan fingerprint density at radius 1 is 1.11 bits per heavy atom. The lowest BCUT2D eigenvalue weighted by molar-refractivity contribution is 0.0374. The monoisotopic (exact) mass is 410 g/mol. The van der Waals surface area contributed by atoms with Crippen molar-refractivity contribution in [3.05, 3.63) is 29.8 Å². The first-order chi connectivity index (χ1) is 13.5. The van der Waals surface area contributed by atoms with E-state index in [1.54, 1.807) is 18.2 Å². The van der Waals surface area contributed by atoms with Crippen LogP contribution in [-0.2, 0) is 14.8 Å². The normalized spacial score (nSPS) is 20.2. The summed E-state index contributed by atoms with van der Waals surface area (Å²) >= 11 is 0. The highest BCUT2D eigenvalue weighted by Crippen LogP contribution is 2.18. The lowest BCUT2D eigenvalue weighted by atomic mass is 10.2. The maximum Gasteiger partial charge on any atom is 0.251 e. The summed E-state index contributed by atoms with van der Waals surface area (Å²) in [5.41, 5.74) is 0.376. The minimum Gasteiger partial charge on any atom is -0.379 e. The van der Waals surface area contributed by atoms with Crippen molar-refractivity contribution >= 4 is 15.9 Å². The SMILES string of the molecule is CN1CCN(S(=O)(=O)c2cccc(C(=O)NCCCN3CCOCC3)c2)CC1. The number of amides is 1.